The molecular formula is C18H27ClN2O2. The van der Waals surface area contributed by atoms with Gasteiger partial charge in [0.15, 0.2) is 0 Å². The van der Waals surface area contributed by atoms with Gasteiger partial charge in [-0.1, -0.05) is 24.6 Å². The second-order valence-electron chi connectivity index (χ2n) is 6.40. The Morgan fingerprint density at radius 2 is 1.87 bits per heavy atom. The van der Waals surface area contributed by atoms with E-state index in [1.54, 1.807) is 0 Å². The third-order valence-corrected chi connectivity index (χ3v) is 4.76. The molecule has 2 aliphatic heterocycles. The van der Waals surface area contributed by atoms with Crippen LogP contribution in [0.3, 0.4) is 0 Å². The molecule has 0 bridgehead atoms. The number of piperidine rings is 2. The zero-order valence-corrected chi connectivity index (χ0v) is 14.4. The summed E-state index contributed by atoms with van der Waals surface area (Å²) in [7, 11) is 0. The summed E-state index contributed by atoms with van der Waals surface area (Å²) < 4.78 is 5.84. The SMILES string of the molecule is Cl.O=C(C1CCCCN1)N1CCC(COc2ccccc2)CC1. The molecule has 2 heterocycles. The van der Waals surface area contributed by atoms with Gasteiger partial charge in [0.25, 0.3) is 0 Å². The summed E-state index contributed by atoms with van der Waals surface area (Å²) in [5, 5.41) is 3.36. The molecule has 0 spiro atoms. The van der Waals surface area contributed by atoms with Crippen molar-refractivity contribution in [3.05, 3.63) is 30.3 Å². The fourth-order valence-corrected chi connectivity index (χ4v) is 3.33. The number of nitrogens with one attached hydrogen (secondary N) is 1. The van der Waals surface area contributed by atoms with Crippen LogP contribution in [-0.2, 0) is 4.79 Å². The maximum Gasteiger partial charge on any atom is 0.239 e. The van der Waals surface area contributed by atoms with Crippen molar-refractivity contribution in [1.29, 1.82) is 0 Å². The van der Waals surface area contributed by atoms with Gasteiger partial charge in [0.1, 0.15) is 5.75 Å². The summed E-state index contributed by atoms with van der Waals surface area (Å²) in [6.07, 6.45) is 5.46. The molecule has 0 aliphatic carbocycles. The van der Waals surface area contributed by atoms with Crippen molar-refractivity contribution in [1.82, 2.24) is 10.2 Å². The minimum absolute atomic E-state index is 0. The van der Waals surface area contributed by atoms with Crippen molar-refractivity contribution in [3.63, 3.8) is 0 Å². The van der Waals surface area contributed by atoms with Gasteiger partial charge in [-0.25, -0.2) is 0 Å². The van der Waals surface area contributed by atoms with E-state index >= 15 is 0 Å². The van der Waals surface area contributed by atoms with Crippen LogP contribution in [0.1, 0.15) is 32.1 Å². The highest BCUT2D eigenvalue weighted by Crippen LogP contribution is 2.21. The molecule has 2 aliphatic rings. The van der Waals surface area contributed by atoms with Gasteiger partial charge in [-0.2, -0.15) is 0 Å². The van der Waals surface area contributed by atoms with Crippen molar-refractivity contribution in [2.75, 3.05) is 26.2 Å². The minimum atomic E-state index is 0. The maximum absolute atomic E-state index is 12.5. The summed E-state index contributed by atoms with van der Waals surface area (Å²) in [5.41, 5.74) is 0. The van der Waals surface area contributed by atoms with Gasteiger partial charge in [-0.05, 0) is 50.3 Å². The third kappa shape index (κ3) is 5.11. The van der Waals surface area contributed by atoms with Crippen LogP contribution in [0.25, 0.3) is 0 Å². The number of carbonyl (C=O) groups excluding carboxylic acids is 1. The van der Waals surface area contributed by atoms with Crippen LogP contribution < -0.4 is 10.1 Å². The van der Waals surface area contributed by atoms with Crippen LogP contribution in [0.5, 0.6) is 5.75 Å². The number of nitrogens with zero attached hydrogens (tertiary/aromatic N) is 1. The Kier molecular flexibility index (Phi) is 7.18. The molecule has 4 nitrogen and oxygen atoms in total. The summed E-state index contributed by atoms with van der Waals surface area (Å²) in [5.74, 6) is 1.80. The lowest BCUT2D eigenvalue weighted by Crippen LogP contribution is -2.51. The van der Waals surface area contributed by atoms with E-state index in [2.05, 4.69) is 5.32 Å². The van der Waals surface area contributed by atoms with Gasteiger partial charge in [0.05, 0.1) is 12.6 Å². The monoisotopic (exact) mass is 338 g/mol. The van der Waals surface area contributed by atoms with Crippen molar-refractivity contribution in [2.45, 2.75) is 38.1 Å². The number of amides is 1. The predicted octanol–water partition coefficient (Wildman–Crippen LogP) is 2.87. The molecular weight excluding hydrogens is 312 g/mol. The van der Waals surface area contributed by atoms with Crippen LogP contribution in [0.15, 0.2) is 30.3 Å². The van der Waals surface area contributed by atoms with Crippen molar-refractivity contribution in [2.24, 2.45) is 5.92 Å². The lowest BCUT2D eigenvalue weighted by atomic mass is 9.96. The van der Waals surface area contributed by atoms with Crippen LogP contribution >= 0.6 is 12.4 Å². The zero-order valence-electron chi connectivity index (χ0n) is 13.6. The van der Waals surface area contributed by atoms with Crippen molar-refractivity contribution >= 4 is 18.3 Å². The summed E-state index contributed by atoms with van der Waals surface area (Å²) in [6, 6.07) is 10.0. The van der Waals surface area contributed by atoms with E-state index in [0.717, 1.165) is 51.3 Å². The highest BCUT2D eigenvalue weighted by molar-refractivity contribution is 5.85. The Balaban J connectivity index is 0.00000192. The van der Waals surface area contributed by atoms with E-state index in [1.807, 2.05) is 35.2 Å². The molecule has 1 aromatic carbocycles. The summed E-state index contributed by atoms with van der Waals surface area (Å²) in [6.45, 7) is 3.49. The number of likely N-dealkylation sites (tertiary alicyclic amines) is 1. The summed E-state index contributed by atoms with van der Waals surface area (Å²) in [4.78, 5) is 14.5. The fourth-order valence-electron chi connectivity index (χ4n) is 3.33. The molecule has 0 radical (unpaired) electrons. The Hall–Kier alpha value is -1.26. The number of para-hydroxylation sites is 1. The normalized spacial score (nSPS) is 22.3. The topological polar surface area (TPSA) is 41.6 Å². The quantitative estimate of drug-likeness (QED) is 0.917. The first-order valence-electron chi connectivity index (χ1n) is 8.53. The smallest absolute Gasteiger partial charge is 0.239 e. The zero-order chi connectivity index (χ0) is 15.2. The molecule has 128 valence electrons. The van der Waals surface area contributed by atoms with E-state index < -0.39 is 0 Å². The van der Waals surface area contributed by atoms with Gasteiger partial charge in [-0.3, -0.25) is 4.79 Å². The number of hydrogen-bond donors (Lipinski definition) is 1. The van der Waals surface area contributed by atoms with Crippen LogP contribution in [-0.4, -0.2) is 43.1 Å². The van der Waals surface area contributed by atoms with Gasteiger partial charge in [0, 0.05) is 13.1 Å². The first-order valence-corrected chi connectivity index (χ1v) is 8.53. The Morgan fingerprint density at radius 1 is 1.13 bits per heavy atom. The maximum atomic E-state index is 12.5. The summed E-state index contributed by atoms with van der Waals surface area (Å²) >= 11 is 0. The van der Waals surface area contributed by atoms with Crippen LogP contribution in [0.4, 0.5) is 0 Å². The van der Waals surface area contributed by atoms with E-state index in [4.69, 9.17) is 4.74 Å². The highest BCUT2D eigenvalue weighted by Gasteiger charge is 2.29. The van der Waals surface area contributed by atoms with Gasteiger partial charge >= 0.3 is 0 Å². The molecule has 0 aromatic heterocycles. The predicted molar refractivity (Wildman–Crippen MR) is 94.1 cm³/mol. The molecule has 3 rings (SSSR count). The Labute approximate surface area is 145 Å². The molecule has 0 saturated carbocycles. The molecule has 2 saturated heterocycles. The molecule has 1 unspecified atom stereocenters. The van der Waals surface area contributed by atoms with Crippen LogP contribution in [0.2, 0.25) is 0 Å². The van der Waals surface area contributed by atoms with Crippen molar-refractivity contribution in [3.8, 4) is 5.75 Å². The fraction of sp³-hybridized carbons (Fsp3) is 0.611. The molecule has 2 fully saturated rings. The first-order chi connectivity index (χ1) is 10.8. The van der Waals surface area contributed by atoms with E-state index in [9.17, 15) is 4.79 Å². The van der Waals surface area contributed by atoms with Crippen LogP contribution in [0, 0.1) is 5.92 Å². The van der Waals surface area contributed by atoms with Gasteiger partial charge in [-0.15, -0.1) is 12.4 Å². The number of rotatable bonds is 4. The van der Waals surface area contributed by atoms with Gasteiger partial charge < -0.3 is 15.0 Å². The number of carbonyl (C=O) groups is 1. The third-order valence-electron chi connectivity index (χ3n) is 4.76. The molecule has 23 heavy (non-hydrogen) atoms. The van der Waals surface area contributed by atoms with Gasteiger partial charge in [0.2, 0.25) is 5.91 Å². The average Bonchev–Trinajstić information content (AvgIpc) is 2.61. The van der Waals surface area contributed by atoms with E-state index in [1.165, 1.54) is 12.8 Å². The number of benzene rings is 1. The number of hydrogen-bond acceptors (Lipinski definition) is 3. The minimum Gasteiger partial charge on any atom is -0.493 e. The lowest BCUT2D eigenvalue weighted by Gasteiger charge is -2.35. The largest absolute Gasteiger partial charge is 0.493 e. The molecule has 5 heteroatoms. The number of ether oxygens (including phenoxy) is 1. The van der Waals surface area contributed by atoms with Crippen molar-refractivity contribution < 1.29 is 9.53 Å². The van der Waals surface area contributed by atoms with E-state index in [-0.39, 0.29) is 18.4 Å². The standard InChI is InChI=1S/C18H26N2O2.ClH/c21-18(17-8-4-5-11-19-17)20-12-9-15(10-13-20)14-22-16-6-2-1-3-7-16;/h1-3,6-7,15,17,19H,4-5,8-14H2;1H. The molecule has 1 aromatic rings. The molecule has 1 atom stereocenters. The molecule has 1 N–H and O–H groups in total. The molecule has 1 amide bonds. The second-order valence-corrected chi connectivity index (χ2v) is 6.40. The lowest BCUT2D eigenvalue weighted by molar-refractivity contribution is -0.135. The van der Waals surface area contributed by atoms with E-state index in [0.29, 0.717) is 11.8 Å². The second kappa shape index (κ2) is 9.14. The Bertz CT molecular complexity index is 469. The average molecular weight is 339 g/mol. The number of halogens is 1. The first kappa shape index (κ1) is 18.1. The highest BCUT2D eigenvalue weighted by atomic mass is 35.5. The Morgan fingerprint density at radius 3 is 2.52 bits per heavy atom.